The van der Waals surface area contributed by atoms with Crippen LogP contribution in [0.15, 0.2) is 83.3 Å². The normalized spacial score (nSPS) is 10.6. The standard InChI is InChI=1S/C21H21ClN5O2.H2O/c1-2-26(15-14-25-12-4-3-5-13-25)18-8-6-17(7-9-18)23-24-21-11-10-19(27(28)29)16-20(21)22;/h3-13,16H,2,14-15H2,1H3;1H2/q+1;/p-1. The molecule has 0 spiro atoms. The first-order chi connectivity index (χ1) is 14.1. The monoisotopic (exact) mass is 427 g/mol. The van der Waals surface area contributed by atoms with Gasteiger partial charge in [-0.3, -0.25) is 10.1 Å². The van der Waals surface area contributed by atoms with Gasteiger partial charge in [0.05, 0.1) is 22.2 Å². The molecule has 9 heteroatoms. The van der Waals surface area contributed by atoms with E-state index >= 15 is 0 Å². The summed E-state index contributed by atoms with van der Waals surface area (Å²) in [5.74, 6) is 0. The van der Waals surface area contributed by atoms with Crippen molar-refractivity contribution in [2.45, 2.75) is 13.5 Å². The molecule has 0 amide bonds. The Morgan fingerprint density at radius 3 is 2.37 bits per heavy atom. The van der Waals surface area contributed by atoms with Crippen LogP contribution in [-0.4, -0.2) is 23.5 Å². The van der Waals surface area contributed by atoms with Gasteiger partial charge in [-0.05, 0) is 37.3 Å². The van der Waals surface area contributed by atoms with Crippen LogP contribution in [0.25, 0.3) is 0 Å². The summed E-state index contributed by atoms with van der Waals surface area (Å²) in [6, 6.07) is 17.9. The zero-order valence-electron chi connectivity index (χ0n) is 16.4. The maximum Gasteiger partial charge on any atom is 0.271 e. The van der Waals surface area contributed by atoms with E-state index in [9.17, 15) is 10.1 Å². The molecule has 3 rings (SSSR count). The van der Waals surface area contributed by atoms with Crippen LogP contribution < -0.4 is 9.47 Å². The molecule has 156 valence electrons. The lowest BCUT2D eigenvalue weighted by Crippen LogP contribution is -2.40. The fourth-order valence-corrected chi connectivity index (χ4v) is 3.03. The predicted molar refractivity (Wildman–Crippen MR) is 115 cm³/mol. The number of nitro groups is 1. The molecule has 2 aromatic carbocycles. The topological polar surface area (TPSA) is 105 Å². The molecule has 0 aliphatic heterocycles. The van der Waals surface area contributed by atoms with Gasteiger partial charge < -0.3 is 10.4 Å². The van der Waals surface area contributed by atoms with Crippen LogP contribution in [0.4, 0.5) is 22.7 Å². The molecule has 0 atom stereocenters. The van der Waals surface area contributed by atoms with Crippen molar-refractivity contribution in [1.29, 1.82) is 0 Å². The van der Waals surface area contributed by atoms with Gasteiger partial charge in [-0.25, -0.2) is 4.57 Å². The number of anilines is 1. The van der Waals surface area contributed by atoms with E-state index in [4.69, 9.17) is 11.6 Å². The van der Waals surface area contributed by atoms with Crippen molar-refractivity contribution in [3.05, 3.63) is 88.2 Å². The molecule has 0 bridgehead atoms. The van der Waals surface area contributed by atoms with Crippen molar-refractivity contribution in [2.75, 3.05) is 18.0 Å². The first kappa shape index (κ1) is 22.9. The van der Waals surface area contributed by atoms with Gasteiger partial charge in [-0.15, -0.1) is 5.11 Å². The number of non-ortho nitro benzene ring substituents is 1. The van der Waals surface area contributed by atoms with Crippen LogP contribution in [0.1, 0.15) is 6.92 Å². The number of azo groups is 1. The highest BCUT2D eigenvalue weighted by molar-refractivity contribution is 6.33. The van der Waals surface area contributed by atoms with Crippen LogP contribution in [0.2, 0.25) is 5.02 Å². The van der Waals surface area contributed by atoms with E-state index in [1.807, 2.05) is 42.5 Å². The molecule has 0 fully saturated rings. The zero-order chi connectivity index (χ0) is 20.6. The van der Waals surface area contributed by atoms with Crippen molar-refractivity contribution in [3.8, 4) is 0 Å². The smallest absolute Gasteiger partial charge is 0.271 e. The molecule has 1 heterocycles. The van der Waals surface area contributed by atoms with Gasteiger partial charge in [-0.1, -0.05) is 17.7 Å². The number of aromatic nitrogens is 1. The fourth-order valence-electron chi connectivity index (χ4n) is 2.82. The maximum absolute atomic E-state index is 10.8. The molecular formula is C21H22ClN5O3. The van der Waals surface area contributed by atoms with Crippen molar-refractivity contribution in [2.24, 2.45) is 10.2 Å². The molecule has 30 heavy (non-hydrogen) atoms. The molecule has 1 aromatic heterocycles. The molecule has 1 N–H and O–H groups in total. The van der Waals surface area contributed by atoms with Gasteiger partial charge in [0.15, 0.2) is 18.9 Å². The summed E-state index contributed by atoms with van der Waals surface area (Å²) in [6.07, 6.45) is 4.11. The molecule has 0 aliphatic carbocycles. The van der Waals surface area contributed by atoms with Gasteiger partial charge in [0.2, 0.25) is 0 Å². The summed E-state index contributed by atoms with van der Waals surface area (Å²) < 4.78 is 2.15. The van der Waals surface area contributed by atoms with E-state index < -0.39 is 4.92 Å². The third-order valence-corrected chi connectivity index (χ3v) is 4.72. The Morgan fingerprint density at radius 1 is 1.07 bits per heavy atom. The second-order valence-electron chi connectivity index (χ2n) is 6.30. The molecule has 0 unspecified atom stereocenters. The zero-order valence-corrected chi connectivity index (χ0v) is 17.2. The van der Waals surface area contributed by atoms with Gasteiger partial charge in [-0.2, -0.15) is 5.11 Å². The van der Waals surface area contributed by atoms with E-state index in [2.05, 4.69) is 39.0 Å². The molecule has 0 saturated heterocycles. The molecule has 0 saturated carbocycles. The van der Waals surface area contributed by atoms with Crippen LogP contribution in [0.5, 0.6) is 0 Å². The Labute approximate surface area is 179 Å². The lowest BCUT2D eigenvalue weighted by atomic mass is 10.2. The van der Waals surface area contributed by atoms with Crippen molar-refractivity contribution in [1.82, 2.24) is 0 Å². The average Bonchev–Trinajstić information content (AvgIpc) is 2.75. The van der Waals surface area contributed by atoms with Crippen LogP contribution in [0, 0.1) is 10.1 Å². The first-order valence-corrected chi connectivity index (χ1v) is 9.59. The average molecular weight is 428 g/mol. The number of rotatable bonds is 8. The minimum atomic E-state index is -0.499. The number of benzene rings is 2. The summed E-state index contributed by atoms with van der Waals surface area (Å²) in [5, 5.41) is 19.2. The highest BCUT2D eigenvalue weighted by Crippen LogP contribution is 2.30. The number of hydrogen-bond acceptors (Lipinski definition) is 6. The van der Waals surface area contributed by atoms with E-state index in [0.717, 1.165) is 25.3 Å². The summed E-state index contributed by atoms with van der Waals surface area (Å²) in [5.41, 5.74) is 2.09. The summed E-state index contributed by atoms with van der Waals surface area (Å²) >= 11 is 6.04. The summed E-state index contributed by atoms with van der Waals surface area (Å²) in [4.78, 5) is 12.6. The highest BCUT2D eigenvalue weighted by Gasteiger charge is 2.10. The molecule has 3 aromatic rings. The van der Waals surface area contributed by atoms with Crippen LogP contribution in [0.3, 0.4) is 0 Å². The van der Waals surface area contributed by atoms with E-state index in [1.165, 1.54) is 18.2 Å². The summed E-state index contributed by atoms with van der Waals surface area (Å²) in [6.45, 7) is 4.81. The van der Waals surface area contributed by atoms with E-state index in [-0.39, 0.29) is 16.2 Å². The maximum atomic E-state index is 10.8. The quantitative estimate of drug-likeness (QED) is 0.210. The number of likely N-dealkylation sites (N-methyl/N-ethyl adjacent to an activating group) is 1. The third-order valence-electron chi connectivity index (χ3n) is 4.42. The van der Waals surface area contributed by atoms with Gasteiger partial charge in [0, 0.05) is 36.5 Å². The van der Waals surface area contributed by atoms with Crippen molar-refractivity contribution < 1.29 is 15.0 Å². The van der Waals surface area contributed by atoms with Gasteiger partial charge >= 0.3 is 0 Å². The second-order valence-corrected chi connectivity index (χ2v) is 6.71. The van der Waals surface area contributed by atoms with Crippen molar-refractivity contribution >= 4 is 34.4 Å². The molecular weight excluding hydrogens is 406 g/mol. The van der Waals surface area contributed by atoms with Crippen LogP contribution >= 0.6 is 11.6 Å². The van der Waals surface area contributed by atoms with E-state index in [1.54, 1.807) is 0 Å². The Hall–Kier alpha value is -3.36. The highest BCUT2D eigenvalue weighted by atomic mass is 35.5. The second kappa shape index (κ2) is 11.0. The number of hydrogen-bond donors (Lipinski definition) is 0. The van der Waals surface area contributed by atoms with Gasteiger partial charge in [0.25, 0.3) is 5.69 Å². The Kier molecular flexibility index (Phi) is 8.40. The Morgan fingerprint density at radius 2 is 1.77 bits per heavy atom. The number of nitrogens with zero attached hydrogens (tertiary/aromatic N) is 5. The minimum absolute atomic E-state index is 0. The fraction of sp³-hybridized carbons (Fsp3) is 0.190. The SMILES string of the molecule is CCN(CC[n+]1ccccc1)c1ccc(N=Nc2ccc([N+](=O)[O-])cc2Cl)cc1.[OH-]. The number of pyridine rings is 1. The molecule has 0 radical (unpaired) electrons. The number of nitro benzene ring substituents is 1. The van der Waals surface area contributed by atoms with E-state index in [0.29, 0.717) is 11.4 Å². The summed E-state index contributed by atoms with van der Waals surface area (Å²) in [7, 11) is 0. The predicted octanol–water partition coefficient (Wildman–Crippen LogP) is 5.30. The largest absolute Gasteiger partial charge is 0.870 e. The lowest BCUT2D eigenvalue weighted by Gasteiger charge is -2.21. The Bertz CT molecular complexity index is 997. The minimum Gasteiger partial charge on any atom is -0.870 e. The van der Waals surface area contributed by atoms with Crippen molar-refractivity contribution in [3.63, 3.8) is 0 Å². The van der Waals surface area contributed by atoms with Gasteiger partial charge in [0.1, 0.15) is 5.69 Å². The molecule has 0 aliphatic rings. The third kappa shape index (κ3) is 6.07. The lowest BCUT2D eigenvalue weighted by molar-refractivity contribution is -0.694. The number of halogens is 1. The first-order valence-electron chi connectivity index (χ1n) is 9.21. The molecule has 8 nitrogen and oxygen atoms in total. The van der Waals surface area contributed by atoms with Crippen LogP contribution in [-0.2, 0) is 6.54 Å². The Balaban J connectivity index is 0.00000320.